The van der Waals surface area contributed by atoms with Gasteiger partial charge in [0.15, 0.2) is 0 Å². The van der Waals surface area contributed by atoms with Crippen molar-refractivity contribution in [2.75, 3.05) is 0 Å². The zero-order valence-electron chi connectivity index (χ0n) is 13.9. The van der Waals surface area contributed by atoms with Crippen LogP contribution in [0.5, 0.6) is 0 Å². The van der Waals surface area contributed by atoms with Crippen LogP contribution in [0.4, 0.5) is 0 Å². The molecule has 0 aromatic heterocycles. The Morgan fingerprint density at radius 1 is 1.00 bits per heavy atom. The van der Waals surface area contributed by atoms with Crippen LogP contribution >= 0.6 is 0 Å². The lowest BCUT2D eigenvalue weighted by Crippen LogP contribution is -2.26. The summed E-state index contributed by atoms with van der Waals surface area (Å²) in [5, 5.41) is 40.0. The molecule has 0 spiro atoms. The summed E-state index contributed by atoms with van der Waals surface area (Å²) in [6, 6.07) is 10.1. The Hall–Kier alpha value is -0.940. The predicted molar refractivity (Wildman–Crippen MR) is 89.9 cm³/mol. The van der Waals surface area contributed by atoms with Crippen LogP contribution in [0.2, 0.25) is 0 Å². The molecule has 1 aromatic carbocycles. The highest BCUT2D eigenvalue weighted by atomic mass is 16.3. The van der Waals surface area contributed by atoms with E-state index in [0.717, 1.165) is 6.42 Å². The van der Waals surface area contributed by atoms with Crippen LogP contribution in [-0.2, 0) is 6.42 Å². The van der Waals surface area contributed by atoms with Gasteiger partial charge in [-0.2, -0.15) is 0 Å². The van der Waals surface area contributed by atoms with Crippen molar-refractivity contribution in [1.29, 1.82) is 0 Å². The van der Waals surface area contributed by atoms with E-state index in [1.165, 1.54) is 5.56 Å². The predicted octanol–water partition coefficient (Wildman–Crippen LogP) is 1.89. The highest BCUT2D eigenvalue weighted by Gasteiger charge is 2.41. The number of aliphatic hydroxyl groups is 4. The molecule has 0 radical (unpaired) electrons. The molecule has 2 rings (SSSR count). The van der Waals surface area contributed by atoms with E-state index < -0.39 is 24.4 Å². The first-order chi connectivity index (χ1) is 11.0. The minimum absolute atomic E-state index is 0.0361. The summed E-state index contributed by atoms with van der Waals surface area (Å²) in [7, 11) is 0. The second-order valence-electron chi connectivity index (χ2n) is 7.04. The third kappa shape index (κ3) is 5.57. The van der Waals surface area contributed by atoms with Crippen molar-refractivity contribution >= 4 is 0 Å². The Bertz CT molecular complexity index is 448. The smallest absolute Gasteiger partial charge is 0.0597 e. The average molecular weight is 322 g/mol. The van der Waals surface area contributed by atoms with E-state index >= 15 is 0 Å². The summed E-state index contributed by atoms with van der Waals surface area (Å²) in [6.07, 6.45) is 1.78. The Balaban J connectivity index is 1.78. The van der Waals surface area contributed by atoms with E-state index in [9.17, 15) is 20.4 Å². The first-order valence-electron chi connectivity index (χ1n) is 8.73. The van der Waals surface area contributed by atoms with Gasteiger partial charge in [0.25, 0.3) is 0 Å². The molecular weight excluding hydrogens is 292 g/mol. The van der Waals surface area contributed by atoms with E-state index in [1.54, 1.807) is 6.92 Å². The summed E-state index contributed by atoms with van der Waals surface area (Å²) in [5.41, 5.74) is 1.22. The minimum atomic E-state index is -0.550. The van der Waals surface area contributed by atoms with Crippen LogP contribution < -0.4 is 0 Å². The Morgan fingerprint density at radius 2 is 1.65 bits per heavy atom. The fourth-order valence-corrected chi connectivity index (χ4v) is 3.81. The lowest BCUT2D eigenvalue weighted by atomic mass is 9.84. The molecule has 130 valence electrons. The van der Waals surface area contributed by atoms with E-state index in [0.29, 0.717) is 32.1 Å². The van der Waals surface area contributed by atoms with Gasteiger partial charge in [-0.15, -0.1) is 0 Å². The molecular formula is C19H30O4. The van der Waals surface area contributed by atoms with Gasteiger partial charge in [0.1, 0.15) is 0 Å². The van der Waals surface area contributed by atoms with Crippen LogP contribution in [-0.4, -0.2) is 44.8 Å². The fourth-order valence-electron chi connectivity index (χ4n) is 3.81. The monoisotopic (exact) mass is 322 g/mol. The highest BCUT2D eigenvalue weighted by Crippen LogP contribution is 2.38. The Morgan fingerprint density at radius 3 is 2.30 bits per heavy atom. The SMILES string of the molecule is CC(O)C[C@@H]1C(CC[C@@H](O)CCc2ccccc2)[C@H](O)C[C@@H]1O. The summed E-state index contributed by atoms with van der Waals surface area (Å²) in [5.74, 6) is -0.114. The Kier molecular flexibility index (Phi) is 7.03. The lowest BCUT2D eigenvalue weighted by Gasteiger charge is -2.25. The van der Waals surface area contributed by atoms with Crippen molar-refractivity contribution in [3.63, 3.8) is 0 Å². The quantitative estimate of drug-likeness (QED) is 0.589. The molecule has 2 unspecified atom stereocenters. The number of hydrogen-bond acceptors (Lipinski definition) is 4. The normalized spacial score (nSPS) is 30.3. The summed E-state index contributed by atoms with van der Waals surface area (Å²) in [6.45, 7) is 1.71. The molecule has 23 heavy (non-hydrogen) atoms. The zero-order chi connectivity index (χ0) is 16.8. The molecule has 0 heterocycles. The maximum Gasteiger partial charge on any atom is 0.0597 e. The van der Waals surface area contributed by atoms with Crippen molar-refractivity contribution in [2.24, 2.45) is 11.8 Å². The van der Waals surface area contributed by atoms with Crippen LogP contribution in [0.25, 0.3) is 0 Å². The molecule has 0 saturated heterocycles. The number of aryl methyl sites for hydroxylation is 1. The molecule has 6 atom stereocenters. The topological polar surface area (TPSA) is 80.9 Å². The number of aliphatic hydroxyl groups excluding tert-OH is 4. The van der Waals surface area contributed by atoms with Crippen molar-refractivity contribution in [3.05, 3.63) is 35.9 Å². The van der Waals surface area contributed by atoms with Crippen molar-refractivity contribution in [2.45, 2.75) is 69.9 Å². The summed E-state index contributed by atoms with van der Waals surface area (Å²) in [4.78, 5) is 0. The minimum Gasteiger partial charge on any atom is -0.393 e. The van der Waals surface area contributed by atoms with Gasteiger partial charge in [-0.3, -0.25) is 0 Å². The van der Waals surface area contributed by atoms with Crippen LogP contribution in [0, 0.1) is 11.8 Å². The van der Waals surface area contributed by atoms with Gasteiger partial charge in [-0.1, -0.05) is 30.3 Å². The fraction of sp³-hybridized carbons (Fsp3) is 0.684. The maximum atomic E-state index is 10.2. The maximum absolute atomic E-state index is 10.2. The van der Waals surface area contributed by atoms with Crippen molar-refractivity contribution in [1.82, 2.24) is 0 Å². The van der Waals surface area contributed by atoms with E-state index in [4.69, 9.17) is 0 Å². The van der Waals surface area contributed by atoms with E-state index in [-0.39, 0.29) is 11.8 Å². The molecule has 0 bridgehead atoms. The number of hydrogen-bond donors (Lipinski definition) is 4. The molecule has 4 nitrogen and oxygen atoms in total. The highest BCUT2D eigenvalue weighted by molar-refractivity contribution is 5.14. The molecule has 1 aliphatic carbocycles. The van der Waals surface area contributed by atoms with Crippen molar-refractivity contribution in [3.8, 4) is 0 Å². The van der Waals surface area contributed by atoms with Gasteiger partial charge in [-0.05, 0) is 62.8 Å². The second-order valence-corrected chi connectivity index (χ2v) is 7.04. The first kappa shape index (κ1) is 18.4. The third-order valence-electron chi connectivity index (χ3n) is 5.08. The van der Waals surface area contributed by atoms with Gasteiger partial charge in [0.2, 0.25) is 0 Å². The molecule has 1 aromatic rings. The molecule has 0 aliphatic heterocycles. The third-order valence-corrected chi connectivity index (χ3v) is 5.08. The summed E-state index contributed by atoms with van der Waals surface area (Å²) < 4.78 is 0. The van der Waals surface area contributed by atoms with Gasteiger partial charge in [0.05, 0.1) is 24.4 Å². The molecule has 1 fully saturated rings. The van der Waals surface area contributed by atoms with Crippen molar-refractivity contribution < 1.29 is 20.4 Å². The number of benzene rings is 1. The molecule has 1 saturated carbocycles. The van der Waals surface area contributed by atoms with Gasteiger partial charge in [-0.25, -0.2) is 0 Å². The molecule has 0 amide bonds. The number of rotatable bonds is 8. The Labute approximate surface area is 138 Å². The van der Waals surface area contributed by atoms with Gasteiger partial charge in [0, 0.05) is 0 Å². The molecule has 1 aliphatic rings. The largest absolute Gasteiger partial charge is 0.393 e. The average Bonchev–Trinajstić information content (AvgIpc) is 2.77. The summed E-state index contributed by atoms with van der Waals surface area (Å²) >= 11 is 0. The first-order valence-corrected chi connectivity index (χ1v) is 8.73. The van der Waals surface area contributed by atoms with Crippen LogP contribution in [0.3, 0.4) is 0 Å². The lowest BCUT2D eigenvalue weighted by molar-refractivity contribution is 0.0550. The van der Waals surface area contributed by atoms with Gasteiger partial charge >= 0.3 is 0 Å². The van der Waals surface area contributed by atoms with Gasteiger partial charge < -0.3 is 20.4 Å². The molecule has 4 heteroatoms. The van der Waals surface area contributed by atoms with Crippen LogP contribution in [0.15, 0.2) is 30.3 Å². The van der Waals surface area contributed by atoms with E-state index in [2.05, 4.69) is 12.1 Å². The molecule has 4 N–H and O–H groups in total. The zero-order valence-corrected chi connectivity index (χ0v) is 13.9. The standard InChI is InChI=1S/C19H30O4/c1-13(20)11-17-16(18(22)12-19(17)23)10-9-15(21)8-7-14-5-3-2-4-6-14/h2-6,13,15-23H,7-12H2,1H3/t13?,15-,16?,17+,18+,19-/m0/s1. The second kappa shape index (κ2) is 8.78. The van der Waals surface area contributed by atoms with Crippen LogP contribution in [0.1, 0.15) is 44.6 Å². The van der Waals surface area contributed by atoms with E-state index in [1.807, 2.05) is 18.2 Å².